The molecule has 1 aliphatic rings. The second-order valence-electron chi connectivity index (χ2n) is 8.86. The third-order valence-electron chi connectivity index (χ3n) is 6.24. The van der Waals surface area contributed by atoms with Gasteiger partial charge in [0.2, 0.25) is 0 Å². The smallest absolute Gasteiger partial charge is 0.184 e. The number of hydrogen-bond acceptors (Lipinski definition) is 9. The highest BCUT2D eigenvalue weighted by Crippen LogP contribution is 2.42. The van der Waals surface area contributed by atoms with Crippen molar-refractivity contribution in [1.29, 1.82) is 0 Å². The van der Waals surface area contributed by atoms with Crippen LogP contribution in [0.1, 0.15) is 42.1 Å². The molecular weight excluding hydrogens is 456 g/mol. The Morgan fingerprint density at radius 1 is 1.08 bits per heavy atom. The highest BCUT2D eigenvalue weighted by atomic mass is 16.5. The van der Waals surface area contributed by atoms with Gasteiger partial charge in [-0.1, -0.05) is 19.1 Å². The number of Topliss-reactive ketones (excluding diaryl/α,β-unsaturated/α-hetero) is 1. The lowest BCUT2D eigenvalue weighted by atomic mass is 10.1. The number of carbonyl (C=O) groups is 1. The Morgan fingerprint density at radius 2 is 1.89 bits per heavy atom. The van der Waals surface area contributed by atoms with Crippen LogP contribution in [-0.2, 0) is 12.6 Å². The molecule has 0 aliphatic heterocycles. The predicted molar refractivity (Wildman–Crippen MR) is 138 cm³/mol. The monoisotopic (exact) mass is 484 g/mol. The van der Waals surface area contributed by atoms with Gasteiger partial charge in [0.15, 0.2) is 17.4 Å². The van der Waals surface area contributed by atoms with Crippen molar-refractivity contribution in [3.05, 3.63) is 66.2 Å². The van der Waals surface area contributed by atoms with Gasteiger partial charge in [0.05, 0.1) is 29.6 Å². The molecule has 1 saturated carbocycles. The van der Waals surface area contributed by atoms with Gasteiger partial charge in [-0.2, -0.15) is 5.10 Å². The lowest BCUT2D eigenvalue weighted by Crippen LogP contribution is -2.18. The second-order valence-corrected chi connectivity index (χ2v) is 8.86. The number of nitrogens with zero attached hydrogens (tertiary/aromatic N) is 5. The van der Waals surface area contributed by atoms with Crippen molar-refractivity contribution in [1.82, 2.24) is 24.7 Å². The maximum Gasteiger partial charge on any atom is 0.184 e. The van der Waals surface area contributed by atoms with Gasteiger partial charge in [0, 0.05) is 37.5 Å². The number of pyridine rings is 2. The fourth-order valence-corrected chi connectivity index (χ4v) is 4.00. The average molecular weight is 485 g/mol. The largest absolute Gasteiger partial charge is 0.494 e. The van der Waals surface area contributed by atoms with Crippen molar-refractivity contribution < 1.29 is 9.53 Å². The molecule has 3 aromatic heterocycles. The molecule has 0 unspecified atom stereocenters. The van der Waals surface area contributed by atoms with Gasteiger partial charge in [-0.3, -0.25) is 9.48 Å². The Bertz CT molecular complexity index is 1410. The molecule has 10 nitrogen and oxygen atoms in total. The number of nitrogens with two attached hydrogens (primary N) is 1. The van der Waals surface area contributed by atoms with Crippen molar-refractivity contribution >= 4 is 28.8 Å². The predicted octanol–water partition coefficient (Wildman–Crippen LogP) is 4.31. The summed E-state index contributed by atoms with van der Waals surface area (Å²) in [5.74, 6) is 2.26. The summed E-state index contributed by atoms with van der Waals surface area (Å²) in [6.45, 7) is 1.82. The normalized spacial score (nSPS) is 13.8. The zero-order chi connectivity index (χ0) is 25.3. The van der Waals surface area contributed by atoms with Crippen LogP contribution in [0.3, 0.4) is 0 Å². The van der Waals surface area contributed by atoms with E-state index in [-0.39, 0.29) is 11.3 Å². The summed E-state index contributed by atoms with van der Waals surface area (Å²) >= 11 is 0. The highest BCUT2D eigenvalue weighted by Gasteiger charge is 2.40. The third kappa shape index (κ3) is 4.63. The minimum atomic E-state index is -0.235. The molecule has 0 spiro atoms. The van der Waals surface area contributed by atoms with Crippen LogP contribution in [0, 0.1) is 0 Å². The van der Waals surface area contributed by atoms with Crippen molar-refractivity contribution in [2.45, 2.75) is 31.7 Å². The molecule has 0 atom stereocenters. The first-order valence-electron chi connectivity index (χ1n) is 11.8. The molecule has 5 rings (SSSR count). The Balaban J connectivity index is 1.47. The van der Waals surface area contributed by atoms with Crippen molar-refractivity contribution in [3.8, 4) is 17.1 Å². The highest BCUT2D eigenvalue weighted by molar-refractivity contribution is 6.02. The van der Waals surface area contributed by atoms with Gasteiger partial charge in [-0.15, -0.1) is 0 Å². The molecule has 1 aliphatic carbocycles. The fourth-order valence-electron chi connectivity index (χ4n) is 4.00. The number of nitrogens with one attached hydrogen (secondary N) is 2. The van der Waals surface area contributed by atoms with Gasteiger partial charge in [0.25, 0.3) is 0 Å². The molecule has 4 N–H and O–H groups in total. The number of para-hydroxylation sites is 1. The summed E-state index contributed by atoms with van der Waals surface area (Å²) in [4.78, 5) is 26.0. The van der Waals surface area contributed by atoms with Crippen molar-refractivity contribution in [2.24, 2.45) is 12.8 Å². The van der Waals surface area contributed by atoms with Crippen LogP contribution >= 0.6 is 0 Å². The van der Waals surface area contributed by atoms with Crippen LogP contribution in [0.15, 0.2) is 55.1 Å². The Hall–Kier alpha value is -4.31. The topological polar surface area (TPSA) is 133 Å². The lowest BCUT2D eigenvalue weighted by molar-refractivity contribution is 0.0988. The quantitative estimate of drug-likeness (QED) is 0.297. The molecule has 184 valence electrons. The number of anilines is 4. The van der Waals surface area contributed by atoms with E-state index in [4.69, 9.17) is 10.5 Å². The summed E-state index contributed by atoms with van der Waals surface area (Å²) in [6, 6.07) is 11.3. The number of rotatable bonds is 9. The number of aryl methyl sites for hydroxylation is 1. The molecule has 10 heteroatoms. The molecule has 1 fully saturated rings. The van der Waals surface area contributed by atoms with E-state index < -0.39 is 0 Å². The number of benzene rings is 1. The van der Waals surface area contributed by atoms with E-state index in [1.807, 2.05) is 44.3 Å². The first kappa shape index (κ1) is 23.4. The zero-order valence-electron chi connectivity index (χ0n) is 20.4. The first-order valence-corrected chi connectivity index (χ1v) is 11.8. The van der Waals surface area contributed by atoms with Crippen molar-refractivity contribution in [3.63, 3.8) is 0 Å². The standard InChI is InChI=1S/C26H28N8O2/c1-4-21(35)18-14-29-23(32-22-9-8-16(13-28-22)26(27)10-11-26)12-20(18)31-19-7-5-6-17(24(19)36-3)25-30-15-34(2)33-25/h5-9,12-15H,4,10-11,27H2,1-3H3,(H2,28,29,31,32). The molecule has 0 saturated heterocycles. The maximum atomic E-state index is 12.7. The van der Waals surface area contributed by atoms with Crippen LogP contribution in [0.5, 0.6) is 5.75 Å². The van der Waals surface area contributed by atoms with E-state index in [9.17, 15) is 4.79 Å². The van der Waals surface area contributed by atoms with E-state index in [0.29, 0.717) is 46.6 Å². The molecule has 0 radical (unpaired) electrons. The number of ketones is 1. The average Bonchev–Trinajstić information content (AvgIpc) is 3.50. The number of ether oxygens (including phenoxy) is 1. The fraction of sp³-hybridized carbons (Fsp3) is 0.269. The Labute approximate surface area is 208 Å². The molecule has 4 aromatic rings. The number of aromatic nitrogens is 5. The van der Waals surface area contributed by atoms with Crippen LogP contribution < -0.4 is 21.1 Å². The van der Waals surface area contributed by atoms with Crippen LogP contribution in [0.4, 0.5) is 23.0 Å². The molecule has 36 heavy (non-hydrogen) atoms. The minimum Gasteiger partial charge on any atom is -0.494 e. The van der Waals surface area contributed by atoms with Gasteiger partial charge in [-0.05, 0) is 36.6 Å². The van der Waals surface area contributed by atoms with E-state index in [1.54, 1.807) is 36.6 Å². The SMILES string of the molecule is CCC(=O)c1cnc(Nc2ccc(C3(N)CC3)cn2)cc1Nc1cccc(-c2ncn(C)n2)c1OC. The number of hydrogen-bond donors (Lipinski definition) is 3. The first-order chi connectivity index (χ1) is 17.4. The molecule has 0 bridgehead atoms. The Kier molecular flexibility index (Phi) is 6.11. The van der Waals surface area contributed by atoms with E-state index in [0.717, 1.165) is 24.0 Å². The number of carbonyl (C=O) groups excluding carboxylic acids is 1. The Morgan fingerprint density at radius 3 is 2.53 bits per heavy atom. The van der Waals surface area contributed by atoms with Gasteiger partial charge >= 0.3 is 0 Å². The molecule has 3 heterocycles. The molecule has 1 aromatic carbocycles. The second kappa shape index (κ2) is 9.38. The maximum absolute atomic E-state index is 12.7. The van der Waals surface area contributed by atoms with Crippen LogP contribution in [0.25, 0.3) is 11.4 Å². The summed E-state index contributed by atoms with van der Waals surface area (Å²) in [6.07, 6.45) is 7.30. The number of methoxy groups -OCH3 is 1. The lowest BCUT2D eigenvalue weighted by Gasteiger charge is -2.17. The van der Waals surface area contributed by atoms with Gasteiger partial charge < -0.3 is 21.1 Å². The molecule has 0 amide bonds. The van der Waals surface area contributed by atoms with Crippen LogP contribution in [-0.4, -0.2) is 37.6 Å². The van der Waals surface area contributed by atoms with Gasteiger partial charge in [-0.25, -0.2) is 15.0 Å². The van der Waals surface area contributed by atoms with Gasteiger partial charge in [0.1, 0.15) is 18.0 Å². The van der Waals surface area contributed by atoms with E-state index in [2.05, 4.69) is 30.7 Å². The summed E-state index contributed by atoms with van der Waals surface area (Å²) in [5, 5.41) is 11.0. The van der Waals surface area contributed by atoms with E-state index >= 15 is 0 Å². The summed E-state index contributed by atoms with van der Waals surface area (Å²) in [7, 11) is 3.40. The van der Waals surface area contributed by atoms with E-state index in [1.165, 1.54) is 0 Å². The van der Waals surface area contributed by atoms with Crippen molar-refractivity contribution in [2.75, 3.05) is 17.7 Å². The minimum absolute atomic E-state index is 0.0294. The molecular formula is C26H28N8O2. The third-order valence-corrected chi connectivity index (χ3v) is 6.24. The summed E-state index contributed by atoms with van der Waals surface area (Å²) in [5.41, 5.74) is 9.54. The zero-order valence-corrected chi connectivity index (χ0v) is 20.4. The summed E-state index contributed by atoms with van der Waals surface area (Å²) < 4.78 is 7.35. The van der Waals surface area contributed by atoms with Crippen LogP contribution in [0.2, 0.25) is 0 Å².